The number of aryl methyl sites for hydroxylation is 2. The van der Waals surface area contributed by atoms with E-state index >= 15 is 0 Å². The van der Waals surface area contributed by atoms with Crippen LogP contribution in [0.5, 0.6) is 0 Å². The molecule has 8 heteroatoms. The molecule has 0 aliphatic rings. The van der Waals surface area contributed by atoms with Crippen molar-refractivity contribution in [2.45, 2.75) is 44.4 Å². The Morgan fingerprint density at radius 3 is 2.81 bits per heavy atom. The fraction of sp³-hybridized carbons (Fsp3) is 0.292. The standard InChI is InChI=1S/C24H26N4O3S/c1-16(10-11-18-7-4-3-5-8-18)25-21(29)15-32-24-27-20-13-17(2)26-22(20)23(30)28(24)14-19-9-6-12-31-19/h3-9,12-13,16,26H,10-11,14-15H2,1-2H3,(H,25,29)/t16-/m0/s1. The van der Waals surface area contributed by atoms with Crippen LogP contribution in [0.3, 0.4) is 0 Å². The zero-order valence-electron chi connectivity index (χ0n) is 18.1. The van der Waals surface area contributed by atoms with Crippen molar-refractivity contribution in [1.29, 1.82) is 0 Å². The van der Waals surface area contributed by atoms with Crippen LogP contribution < -0.4 is 10.9 Å². The third-order valence-electron chi connectivity index (χ3n) is 5.18. The van der Waals surface area contributed by atoms with E-state index in [2.05, 4.69) is 27.4 Å². The molecule has 7 nitrogen and oxygen atoms in total. The molecule has 0 unspecified atom stereocenters. The topological polar surface area (TPSA) is 92.9 Å². The molecular formula is C24H26N4O3S. The number of carbonyl (C=O) groups is 1. The van der Waals surface area contributed by atoms with Gasteiger partial charge in [0, 0.05) is 11.7 Å². The summed E-state index contributed by atoms with van der Waals surface area (Å²) in [7, 11) is 0. The highest BCUT2D eigenvalue weighted by atomic mass is 32.2. The molecule has 3 aromatic heterocycles. The van der Waals surface area contributed by atoms with Crippen molar-refractivity contribution in [3.63, 3.8) is 0 Å². The van der Waals surface area contributed by atoms with Gasteiger partial charge in [0.2, 0.25) is 5.91 Å². The molecule has 1 amide bonds. The van der Waals surface area contributed by atoms with Gasteiger partial charge in [-0.2, -0.15) is 0 Å². The number of H-pyrrole nitrogens is 1. The Labute approximate surface area is 190 Å². The van der Waals surface area contributed by atoms with E-state index < -0.39 is 0 Å². The van der Waals surface area contributed by atoms with Gasteiger partial charge in [-0.25, -0.2) is 4.98 Å². The van der Waals surface area contributed by atoms with Crippen molar-refractivity contribution >= 4 is 28.7 Å². The fourth-order valence-corrected chi connectivity index (χ4v) is 4.38. The van der Waals surface area contributed by atoms with E-state index in [1.807, 2.05) is 44.2 Å². The quantitative estimate of drug-likeness (QED) is 0.298. The minimum Gasteiger partial charge on any atom is -0.467 e. The first kappa shape index (κ1) is 22.0. The van der Waals surface area contributed by atoms with Gasteiger partial charge in [0.1, 0.15) is 11.3 Å². The molecule has 0 saturated heterocycles. The summed E-state index contributed by atoms with van der Waals surface area (Å²) in [6, 6.07) is 15.7. The van der Waals surface area contributed by atoms with Gasteiger partial charge in [0.25, 0.3) is 5.56 Å². The number of nitrogens with one attached hydrogen (secondary N) is 2. The van der Waals surface area contributed by atoms with Gasteiger partial charge in [-0.15, -0.1) is 0 Å². The van der Waals surface area contributed by atoms with E-state index in [9.17, 15) is 9.59 Å². The van der Waals surface area contributed by atoms with Crippen molar-refractivity contribution in [2.24, 2.45) is 0 Å². The molecule has 0 aliphatic heterocycles. The number of aromatic nitrogens is 3. The summed E-state index contributed by atoms with van der Waals surface area (Å²) in [4.78, 5) is 33.3. The van der Waals surface area contributed by atoms with Crippen molar-refractivity contribution in [3.8, 4) is 0 Å². The van der Waals surface area contributed by atoms with Crippen molar-refractivity contribution in [2.75, 3.05) is 5.75 Å². The molecule has 2 N–H and O–H groups in total. The zero-order chi connectivity index (χ0) is 22.5. The van der Waals surface area contributed by atoms with Crippen molar-refractivity contribution < 1.29 is 9.21 Å². The van der Waals surface area contributed by atoms with Crippen molar-refractivity contribution in [1.82, 2.24) is 19.9 Å². The number of rotatable bonds is 9. The highest BCUT2D eigenvalue weighted by Crippen LogP contribution is 2.19. The lowest BCUT2D eigenvalue weighted by molar-refractivity contribution is -0.119. The zero-order valence-corrected chi connectivity index (χ0v) is 18.9. The number of hydrogen-bond acceptors (Lipinski definition) is 5. The molecule has 166 valence electrons. The average Bonchev–Trinajstić information content (AvgIpc) is 3.43. The number of hydrogen-bond donors (Lipinski definition) is 2. The molecule has 0 radical (unpaired) electrons. The number of benzene rings is 1. The number of thioether (sulfide) groups is 1. The summed E-state index contributed by atoms with van der Waals surface area (Å²) in [5.41, 5.74) is 2.99. The SMILES string of the molecule is Cc1cc2nc(SCC(=O)N[C@@H](C)CCc3ccccc3)n(Cc3ccco3)c(=O)c2[nH]1. The Morgan fingerprint density at radius 2 is 2.06 bits per heavy atom. The Kier molecular flexibility index (Phi) is 6.80. The van der Waals surface area contributed by atoms with Crippen LogP contribution in [0.4, 0.5) is 0 Å². The highest BCUT2D eigenvalue weighted by Gasteiger charge is 2.16. The first-order chi connectivity index (χ1) is 15.5. The van der Waals surface area contributed by atoms with Gasteiger partial charge in [0.05, 0.1) is 24.1 Å². The van der Waals surface area contributed by atoms with E-state index in [1.54, 1.807) is 16.9 Å². The molecular weight excluding hydrogens is 424 g/mol. The Balaban J connectivity index is 1.43. The van der Waals surface area contributed by atoms with Crippen LogP contribution in [-0.4, -0.2) is 32.2 Å². The Hall–Kier alpha value is -3.26. The molecule has 1 atom stereocenters. The maximum absolute atomic E-state index is 13.1. The van der Waals surface area contributed by atoms with Crippen LogP contribution >= 0.6 is 11.8 Å². The summed E-state index contributed by atoms with van der Waals surface area (Å²) < 4.78 is 6.97. The number of aromatic amines is 1. The monoisotopic (exact) mass is 450 g/mol. The summed E-state index contributed by atoms with van der Waals surface area (Å²) in [6.45, 7) is 4.14. The van der Waals surface area contributed by atoms with E-state index in [0.29, 0.717) is 22.0 Å². The average molecular weight is 451 g/mol. The number of nitrogens with zero attached hydrogens (tertiary/aromatic N) is 2. The van der Waals surface area contributed by atoms with Crippen LogP contribution in [-0.2, 0) is 17.8 Å². The predicted molar refractivity (Wildman–Crippen MR) is 126 cm³/mol. The van der Waals surface area contributed by atoms with Crippen molar-refractivity contribution in [3.05, 3.63) is 82.2 Å². The lowest BCUT2D eigenvalue weighted by Crippen LogP contribution is -2.34. The molecule has 3 heterocycles. The molecule has 4 aromatic rings. The Morgan fingerprint density at radius 1 is 1.25 bits per heavy atom. The van der Waals surface area contributed by atoms with E-state index in [0.717, 1.165) is 18.5 Å². The first-order valence-electron chi connectivity index (χ1n) is 10.6. The minimum absolute atomic E-state index is 0.0522. The number of carbonyl (C=O) groups excluding carboxylic acids is 1. The predicted octanol–water partition coefficient (Wildman–Crippen LogP) is 3.90. The number of fused-ring (bicyclic) bond motifs is 1. The molecule has 0 spiro atoms. The summed E-state index contributed by atoms with van der Waals surface area (Å²) in [5.74, 6) is 0.743. The van der Waals surface area contributed by atoms with Gasteiger partial charge in [-0.1, -0.05) is 42.1 Å². The van der Waals surface area contributed by atoms with Gasteiger partial charge < -0.3 is 14.7 Å². The van der Waals surface area contributed by atoms with Crippen LogP contribution in [0.25, 0.3) is 11.0 Å². The minimum atomic E-state index is -0.182. The van der Waals surface area contributed by atoms with E-state index in [1.165, 1.54) is 17.3 Å². The van der Waals surface area contributed by atoms with Gasteiger partial charge in [-0.3, -0.25) is 14.2 Å². The van der Waals surface area contributed by atoms with Crippen LogP contribution in [0, 0.1) is 6.92 Å². The molecule has 0 saturated carbocycles. The smallest absolute Gasteiger partial charge is 0.278 e. The second-order valence-corrected chi connectivity index (χ2v) is 8.80. The highest BCUT2D eigenvalue weighted by molar-refractivity contribution is 7.99. The fourth-order valence-electron chi connectivity index (χ4n) is 3.57. The van der Waals surface area contributed by atoms with E-state index in [4.69, 9.17) is 4.42 Å². The van der Waals surface area contributed by atoms with E-state index in [-0.39, 0.29) is 29.8 Å². The van der Waals surface area contributed by atoms with Gasteiger partial charge in [-0.05, 0) is 50.5 Å². The molecule has 32 heavy (non-hydrogen) atoms. The third kappa shape index (κ3) is 5.31. The van der Waals surface area contributed by atoms with Crippen LogP contribution in [0.2, 0.25) is 0 Å². The number of furan rings is 1. The summed E-state index contributed by atoms with van der Waals surface area (Å²) >= 11 is 1.26. The molecule has 1 aromatic carbocycles. The second kappa shape index (κ2) is 9.91. The third-order valence-corrected chi connectivity index (χ3v) is 6.16. The maximum atomic E-state index is 13.1. The van der Waals surface area contributed by atoms with Gasteiger partial charge >= 0.3 is 0 Å². The van der Waals surface area contributed by atoms with Crippen LogP contribution in [0.15, 0.2) is 69.2 Å². The normalized spacial score (nSPS) is 12.2. The number of amides is 1. The lowest BCUT2D eigenvalue weighted by Gasteiger charge is -2.14. The maximum Gasteiger partial charge on any atom is 0.278 e. The molecule has 0 bridgehead atoms. The van der Waals surface area contributed by atoms with Gasteiger partial charge in [0.15, 0.2) is 5.16 Å². The molecule has 0 aliphatic carbocycles. The second-order valence-electron chi connectivity index (χ2n) is 7.86. The molecule has 4 rings (SSSR count). The largest absolute Gasteiger partial charge is 0.467 e. The summed E-state index contributed by atoms with van der Waals surface area (Å²) in [5, 5.41) is 3.53. The Bertz CT molecular complexity index is 1250. The molecule has 0 fully saturated rings. The van der Waals surface area contributed by atoms with Crippen LogP contribution in [0.1, 0.15) is 30.4 Å². The summed E-state index contributed by atoms with van der Waals surface area (Å²) in [6.07, 6.45) is 3.34. The first-order valence-corrected chi connectivity index (χ1v) is 11.6. The lowest BCUT2D eigenvalue weighted by atomic mass is 10.1.